The van der Waals surface area contributed by atoms with Gasteiger partial charge in [0.05, 0.1) is 0 Å². The molecule has 0 aromatic heterocycles. The van der Waals surface area contributed by atoms with Crippen LogP contribution in [0.3, 0.4) is 0 Å². The lowest BCUT2D eigenvalue weighted by Gasteiger charge is -2.01. The van der Waals surface area contributed by atoms with Crippen LogP contribution in [-0.2, 0) is 4.79 Å². The van der Waals surface area contributed by atoms with Gasteiger partial charge >= 0.3 is 0 Å². The van der Waals surface area contributed by atoms with E-state index >= 15 is 0 Å². The topological polar surface area (TPSA) is 61.1 Å². The molecule has 0 bridgehead atoms. The lowest BCUT2D eigenvalue weighted by atomic mass is 10.1. The lowest BCUT2D eigenvalue weighted by Crippen LogP contribution is -1.98. The second-order valence-corrected chi connectivity index (χ2v) is 3.33. The molecule has 76 valence electrons. The van der Waals surface area contributed by atoms with Crippen molar-refractivity contribution in [2.45, 2.75) is 6.92 Å². The fraction of sp³-hybridized carbons (Fsp3) is 0.0909. The van der Waals surface area contributed by atoms with E-state index in [0.717, 1.165) is 0 Å². The molecule has 0 saturated carbocycles. The van der Waals surface area contributed by atoms with Gasteiger partial charge in [0.25, 0.3) is 0 Å². The number of nitrogens with zero attached hydrogens (tertiary/aromatic N) is 1. The number of carbonyl (C=O) groups is 1. The van der Waals surface area contributed by atoms with Crippen molar-refractivity contribution in [2.24, 2.45) is 0 Å². The Morgan fingerprint density at radius 2 is 1.93 bits per heavy atom. The number of ketones is 1. The molecule has 0 aliphatic carbocycles. The number of Topliss-reactive ketones (excluding diaryl/α,β-unsaturated/α-hetero) is 1. The maximum atomic E-state index is 11.0. The summed E-state index contributed by atoms with van der Waals surface area (Å²) in [4.78, 5) is 11.0. The predicted octanol–water partition coefficient (Wildman–Crippen LogP) is 2.72. The van der Waals surface area contributed by atoms with Gasteiger partial charge in [-0.1, -0.05) is 11.6 Å². The Morgan fingerprint density at radius 3 is 2.33 bits per heavy atom. The van der Waals surface area contributed by atoms with Gasteiger partial charge < -0.3 is 5.11 Å². The number of hydrogen-bond donors (Lipinski definition) is 1. The van der Waals surface area contributed by atoms with Gasteiger partial charge in [-0.25, -0.2) is 0 Å². The molecular weight excluding hydrogens is 214 g/mol. The van der Waals surface area contributed by atoms with Gasteiger partial charge in [-0.15, -0.1) is 0 Å². The first-order valence-corrected chi connectivity index (χ1v) is 4.54. The average Bonchev–Trinajstić information content (AvgIpc) is 2.19. The Labute approximate surface area is 92.2 Å². The first kappa shape index (κ1) is 11.3. The van der Waals surface area contributed by atoms with Crippen LogP contribution in [0, 0.1) is 11.3 Å². The summed E-state index contributed by atoms with van der Waals surface area (Å²) in [6.45, 7) is 1.23. The Kier molecular flexibility index (Phi) is 3.48. The van der Waals surface area contributed by atoms with E-state index in [1.807, 2.05) is 0 Å². The fourth-order valence-electron chi connectivity index (χ4n) is 1.05. The number of benzene rings is 1. The first-order chi connectivity index (χ1) is 7.06. The van der Waals surface area contributed by atoms with Gasteiger partial charge in [-0.05, 0) is 24.3 Å². The van der Waals surface area contributed by atoms with E-state index in [0.29, 0.717) is 10.6 Å². The van der Waals surface area contributed by atoms with Crippen molar-refractivity contribution in [3.05, 3.63) is 40.4 Å². The van der Waals surface area contributed by atoms with Crippen molar-refractivity contribution in [3.8, 4) is 6.07 Å². The van der Waals surface area contributed by atoms with Crippen molar-refractivity contribution in [2.75, 3.05) is 0 Å². The normalized spacial score (nSPS) is 11.5. The van der Waals surface area contributed by atoms with Crippen LogP contribution in [0.25, 0.3) is 5.76 Å². The highest BCUT2D eigenvalue weighted by Gasteiger charge is 2.11. The van der Waals surface area contributed by atoms with Gasteiger partial charge in [0.2, 0.25) is 0 Å². The Morgan fingerprint density at radius 1 is 1.40 bits per heavy atom. The maximum Gasteiger partial charge on any atom is 0.174 e. The number of hydrogen-bond acceptors (Lipinski definition) is 3. The summed E-state index contributed by atoms with van der Waals surface area (Å²) in [6.07, 6.45) is 0. The largest absolute Gasteiger partial charge is 0.506 e. The number of rotatable bonds is 2. The molecule has 0 unspecified atom stereocenters. The van der Waals surface area contributed by atoms with Crippen LogP contribution in [-0.4, -0.2) is 10.9 Å². The van der Waals surface area contributed by atoms with Crippen molar-refractivity contribution < 1.29 is 9.90 Å². The lowest BCUT2D eigenvalue weighted by molar-refractivity contribution is -0.113. The second-order valence-electron chi connectivity index (χ2n) is 2.90. The molecule has 0 aliphatic rings. The third-order valence-corrected chi connectivity index (χ3v) is 2.07. The predicted molar refractivity (Wildman–Crippen MR) is 57.3 cm³/mol. The number of aliphatic hydroxyl groups excluding tert-OH is 1. The van der Waals surface area contributed by atoms with Gasteiger partial charge in [0.15, 0.2) is 5.78 Å². The van der Waals surface area contributed by atoms with Crippen LogP contribution < -0.4 is 0 Å². The summed E-state index contributed by atoms with van der Waals surface area (Å²) in [5.41, 5.74) is 0.142. The van der Waals surface area contributed by atoms with E-state index in [1.165, 1.54) is 19.1 Å². The van der Waals surface area contributed by atoms with Crippen LogP contribution in [0.4, 0.5) is 0 Å². The van der Waals surface area contributed by atoms with Gasteiger partial charge in [0, 0.05) is 17.5 Å². The monoisotopic (exact) mass is 221 g/mol. The van der Waals surface area contributed by atoms with Crippen molar-refractivity contribution in [3.63, 3.8) is 0 Å². The highest BCUT2D eigenvalue weighted by Crippen LogP contribution is 2.18. The fourth-order valence-corrected chi connectivity index (χ4v) is 1.18. The van der Waals surface area contributed by atoms with Gasteiger partial charge in [0.1, 0.15) is 17.4 Å². The summed E-state index contributed by atoms with van der Waals surface area (Å²) in [5, 5.41) is 18.8. The van der Waals surface area contributed by atoms with E-state index < -0.39 is 5.78 Å². The standard InChI is InChI=1S/C11H8ClNO2/c1-7(14)10(6-13)11(15)8-2-4-9(12)5-3-8/h2-5,15H,1H3. The quantitative estimate of drug-likeness (QED) is 0.475. The maximum absolute atomic E-state index is 11.0. The molecule has 0 fully saturated rings. The highest BCUT2D eigenvalue weighted by atomic mass is 35.5. The van der Waals surface area contributed by atoms with Crippen molar-refractivity contribution in [1.29, 1.82) is 5.26 Å². The molecule has 0 heterocycles. The molecule has 0 amide bonds. The Bertz CT molecular complexity index is 454. The molecule has 3 nitrogen and oxygen atoms in total. The third-order valence-electron chi connectivity index (χ3n) is 1.82. The summed E-state index contributed by atoms with van der Waals surface area (Å²) < 4.78 is 0. The molecule has 0 atom stereocenters. The number of nitriles is 1. The number of halogens is 1. The van der Waals surface area contributed by atoms with Crippen LogP contribution in [0.15, 0.2) is 29.8 Å². The second kappa shape index (κ2) is 4.63. The molecule has 0 spiro atoms. The Hall–Kier alpha value is -1.79. The van der Waals surface area contributed by atoms with Gasteiger partial charge in [-0.2, -0.15) is 5.26 Å². The van der Waals surface area contributed by atoms with Crippen molar-refractivity contribution >= 4 is 23.1 Å². The SMILES string of the molecule is CC(=O)C(C#N)=C(O)c1ccc(Cl)cc1. The zero-order valence-corrected chi connectivity index (χ0v) is 8.75. The number of allylic oxidation sites excluding steroid dienone is 1. The van der Waals surface area contributed by atoms with E-state index in [2.05, 4.69) is 0 Å². The molecule has 1 N–H and O–H groups in total. The minimum Gasteiger partial charge on any atom is -0.506 e. The van der Waals surface area contributed by atoms with Crippen LogP contribution in [0.2, 0.25) is 5.02 Å². The van der Waals surface area contributed by atoms with E-state index in [9.17, 15) is 9.90 Å². The third kappa shape index (κ3) is 2.58. The molecule has 0 aliphatic heterocycles. The minimum absolute atomic E-state index is 0.252. The summed E-state index contributed by atoms with van der Waals surface area (Å²) in [6, 6.07) is 7.88. The zero-order valence-electron chi connectivity index (χ0n) is 7.99. The van der Waals surface area contributed by atoms with E-state index in [4.69, 9.17) is 16.9 Å². The molecule has 0 saturated heterocycles. The van der Waals surface area contributed by atoms with Crippen molar-refractivity contribution in [1.82, 2.24) is 0 Å². The molecular formula is C11H8ClNO2. The summed E-state index contributed by atoms with van der Waals surface area (Å²) >= 11 is 5.66. The van der Waals surface area contributed by atoms with E-state index in [1.54, 1.807) is 18.2 Å². The first-order valence-electron chi connectivity index (χ1n) is 4.16. The highest BCUT2D eigenvalue weighted by molar-refractivity contribution is 6.30. The van der Waals surface area contributed by atoms with E-state index in [-0.39, 0.29) is 11.3 Å². The molecule has 1 aromatic rings. The minimum atomic E-state index is -0.468. The number of carbonyl (C=O) groups excluding carboxylic acids is 1. The number of aliphatic hydroxyl groups is 1. The molecule has 4 heteroatoms. The smallest absolute Gasteiger partial charge is 0.174 e. The molecule has 1 rings (SSSR count). The molecule has 0 radical (unpaired) electrons. The van der Waals surface area contributed by atoms with Crippen LogP contribution in [0.1, 0.15) is 12.5 Å². The molecule has 1 aromatic carbocycles. The average molecular weight is 222 g/mol. The van der Waals surface area contributed by atoms with Gasteiger partial charge in [-0.3, -0.25) is 4.79 Å². The molecule has 15 heavy (non-hydrogen) atoms. The van der Waals surface area contributed by atoms with Crippen LogP contribution >= 0.6 is 11.6 Å². The van der Waals surface area contributed by atoms with Crippen LogP contribution in [0.5, 0.6) is 0 Å². The summed E-state index contributed by atoms with van der Waals surface area (Å²) in [5.74, 6) is -0.786. The Balaban J connectivity index is 3.24. The summed E-state index contributed by atoms with van der Waals surface area (Å²) in [7, 11) is 0. The zero-order chi connectivity index (χ0) is 11.4.